The molecular formula is C5H15NO3Si3. The van der Waals surface area contributed by atoms with Gasteiger partial charge in [-0.25, -0.2) is 0 Å². The van der Waals surface area contributed by atoms with E-state index in [4.69, 9.17) is 14.0 Å². The molecule has 0 aliphatic heterocycles. The average molecular weight is 221 g/mol. The minimum absolute atomic E-state index is 0.0219. The molecule has 3 N–H and O–H groups in total. The Hall–Kier alpha value is 0.491. The Morgan fingerprint density at radius 3 is 2.75 bits per heavy atom. The highest BCUT2D eigenvalue weighted by Gasteiger charge is 2.25. The second-order valence-corrected chi connectivity index (χ2v) is 7.62. The van der Waals surface area contributed by atoms with Crippen LogP contribution in [-0.2, 0) is 8.23 Å². The van der Waals surface area contributed by atoms with E-state index < -0.39 is 8.56 Å². The highest BCUT2D eigenvalue weighted by Crippen LogP contribution is 2.08. The van der Waals surface area contributed by atoms with Crippen molar-refractivity contribution in [3.63, 3.8) is 0 Å². The Kier molecular flexibility index (Phi) is 7.23. The summed E-state index contributed by atoms with van der Waals surface area (Å²) in [6.45, 7) is 4.29. The molecule has 0 aromatic rings. The molecular weight excluding hydrogens is 206 g/mol. The molecule has 1 atom stereocenters. The van der Waals surface area contributed by atoms with Gasteiger partial charge in [-0.1, -0.05) is 0 Å². The summed E-state index contributed by atoms with van der Waals surface area (Å²) in [5, 5.41) is 0. The van der Waals surface area contributed by atoms with Crippen LogP contribution in [0.4, 0.5) is 0 Å². The molecule has 12 heavy (non-hydrogen) atoms. The smallest absolute Gasteiger partial charge is 0.411 e. The molecule has 4 radical (unpaired) electrons. The number of hydrogen-bond acceptors (Lipinski definition) is 4. The third-order valence-electron chi connectivity index (χ3n) is 1.25. The molecule has 4 nitrogen and oxygen atoms in total. The van der Waals surface area contributed by atoms with Gasteiger partial charge in [-0.05, 0) is 32.1 Å². The van der Waals surface area contributed by atoms with E-state index in [1.807, 2.05) is 6.55 Å². The summed E-state index contributed by atoms with van der Waals surface area (Å²) in [6.07, 6.45) is 0.818. The molecule has 7 heteroatoms. The second-order valence-electron chi connectivity index (χ2n) is 2.56. The van der Waals surface area contributed by atoms with E-state index in [-0.39, 0.29) is 10.0 Å². The van der Waals surface area contributed by atoms with Crippen molar-refractivity contribution >= 4 is 28.3 Å². The highest BCUT2D eigenvalue weighted by atomic mass is 28.4. The van der Waals surface area contributed by atoms with Crippen LogP contribution in [0.15, 0.2) is 0 Å². The predicted molar refractivity (Wildman–Crippen MR) is 51.9 cm³/mol. The van der Waals surface area contributed by atoms with Gasteiger partial charge >= 0.3 is 18.6 Å². The normalized spacial score (nSPS) is 16.0. The number of hydrogen-bond donors (Lipinski definition) is 2. The van der Waals surface area contributed by atoms with Crippen LogP contribution >= 0.6 is 0 Å². The van der Waals surface area contributed by atoms with Gasteiger partial charge in [-0.2, -0.15) is 0 Å². The van der Waals surface area contributed by atoms with Gasteiger partial charge in [-0.3, -0.25) is 0 Å². The average Bonchev–Trinajstić information content (AvgIpc) is 2.01. The largest absolute Gasteiger partial charge is 0.435 e. The summed E-state index contributed by atoms with van der Waals surface area (Å²) in [5.74, 6) is 0. The summed E-state index contributed by atoms with van der Waals surface area (Å²) in [7, 11) is -2.05. The van der Waals surface area contributed by atoms with Gasteiger partial charge in [0.15, 0.2) is 0 Å². The van der Waals surface area contributed by atoms with Crippen LogP contribution in [0.2, 0.25) is 19.1 Å². The molecule has 0 saturated carbocycles. The van der Waals surface area contributed by atoms with Crippen LogP contribution < -0.4 is 5.73 Å². The molecule has 70 valence electrons. The predicted octanol–water partition coefficient (Wildman–Crippen LogP) is -0.366. The Bertz CT molecular complexity index is 114. The van der Waals surface area contributed by atoms with Gasteiger partial charge in [0, 0.05) is 0 Å². The second kappa shape index (κ2) is 6.95. The minimum atomic E-state index is -2.45. The first-order valence-electron chi connectivity index (χ1n) is 3.80. The maximum atomic E-state index is 9.66. The van der Waals surface area contributed by atoms with Crippen molar-refractivity contribution in [1.29, 1.82) is 0 Å². The van der Waals surface area contributed by atoms with E-state index >= 15 is 0 Å². The fourth-order valence-electron chi connectivity index (χ4n) is 0.633. The zero-order valence-electron chi connectivity index (χ0n) is 7.46. The third kappa shape index (κ3) is 7.16. The van der Waals surface area contributed by atoms with Gasteiger partial charge in [-0.15, -0.1) is 0 Å². The first kappa shape index (κ1) is 12.5. The molecule has 0 spiro atoms. The fraction of sp³-hybridized carbons (Fsp3) is 1.00. The van der Waals surface area contributed by atoms with Gasteiger partial charge in [0.2, 0.25) is 9.76 Å². The molecule has 0 fully saturated rings. The van der Waals surface area contributed by atoms with E-state index in [9.17, 15) is 4.80 Å². The van der Waals surface area contributed by atoms with Crippen molar-refractivity contribution in [3.05, 3.63) is 0 Å². The van der Waals surface area contributed by atoms with Gasteiger partial charge in [0.05, 0.1) is 0 Å². The van der Waals surface area contributed by atoms with Crippen molar-refractivity contribution in [2.45, 2.75) is 25.6 Å². The quantitative estimate of drug-likeness (QED) is 0.455. The lowest BCUT2D eigenvalue weighted by molar-refractivity contribution is 0.357. The van der Waals surface area contributed by atoms with Crippen LogP contribution in [0.5, 0.6) is 0 Å². The van der Waals surface area contributed by atoms with E-state index in [0.717, 1.165) is 6.42 Å². The lowest BCUT2D eigenvalue weighted by Crippen LogP contribution is -2.37. The first-order chi connectivity index (χ1) is 5.62. The Morgan fingerprint density at radius 1 is 1.58 bits per heavy atom. The maximum absolute atomic E-state index is 9.66. The highest BCUT2D eigenvalue weighted by molar-refractivity contribution is 6.69. The number of rotatable bonds is 7. The first-order valence-corrected chi connectivity index (χ1v) is 8.59. The molecule has 1 unspecified atom stereocenters. The molecule has 0 amide bonds. The lowest BCUT2D eigenvalue weighted by atomic mass is 10.5. The fourth-order valence-corrected chi connectivity index (χ4v) is 3.49. The van der Waals surface area contributed by atoms with Crippen LogP contribution in [-0.4, -0.2) is 39.7 Å². The third-order valence-corrected chi connectivity index (χ3v) is 5.77. The van der Waals surface area contributed by atoms with Crippen molar-refractivity contribution in [3.8, 4) is 0 Å². The van der Waals surface area contributed by atoms with E-state index in [0.29, 0.717) is 22.4 Å². The summed E-state index contributed by atoms with van der Waals surface area (Å²) in [4.78, 5) is 9.66. The van der Waals surface area contributed by atoms with E-state index in [1.54, 1.807) is 6.55 Å². The zero-order chi connectivity index (χ0) is 9.45. The molecule has 0 aliphatic carbocycles. The summed E-state index contributed by atoms with van der Waals surface area (Å²) in [6, 6.07) is 0.687. The van der Waals surface area contributed by atoms with Crippen LogP contribution in [0.3, 0.4) is 0 Å². The van der Waals surface area contributed by atoms with Gasteiger partial charge in [0.1, 0.15) is 0 Å². The van der Waals surface area contributed by atoms with Crippen molar-refractivity contribution in [2.75, 3.05) is 6.54 Å². The summed E-state index contributed by atoms with van der Waals surface area (Å²) >= 11 is 0. The van der Waals surface area contributed by atoms with Crippen LogP contribution in [0, 0.1) is 0 Å². The maximum Gasteiger partial charge on any atom is 0.411 e. The number of nitrogens with two attached hydrogens (primary N) is 1. The molecule has 0 aromatic heterocycles. The van der Waals surface area contributed by atoms with Crippen molar-refractivity contribution in [2.24, 2.45) is 5.73 Å². The SMILES string of the molecule is C[Si]O[Si]O[Si](C)(O)CCCN. The molecule has 0 heterocycles. The molecule has 0 aromatic carbocycles. The molecule has 0 rings (SSSR count). The van der Waals surface area contributed by atoms with E-state index in [2.05, 4.69) is 0 Å². The van der Waals surface area contributed by atoms with Gasteiger partial charge < -0.3 is 18.8 Å². The Balaban J connectivity index is 3.42. The van der Waals surface area contributed by atoms with Gasteiger partial charge in [0.25, 0.3) is 0 Å². The van der Waals surface area contributed by atoms with Crippen molar-refractivity contribution in [1.82, 2.24) is 0 Å². The monoisotopic (exact) mass is 221 g/mol. The standard InChI is InChI=1S/C5H15NO3Si3/c1-10-8-11-9-12(2,7)5-3-4-6/h7H,3-6H2,1-2H3. The van der Waals surface area contributed by atoms with Crippen LogP contribution in [0.25, 0.3) is 0 Å². The molecule has 0 saturated heterocycles. The summed E-state index contributed by atoms with van der Waals surface area (Å²) < 4.78 is 10.2. The molecule has 0 aliphatic rings. The zero-order valence-corrected chi connectivity index (χ0v) is 10.5. The molecule has 0 bridgehead atoms. The Morgan fingerprint density at radius 2 is 2.25 bits per heavy atom. The topological polar surface area (TPSA) is 64.7 Å². The lowest BCUT2D eigenvalue weighted by Gasteiger charge is -2.18. The summed E-state index contributed by atoms with van der Waals surface area (Å²) in [5.41, 5.74) is 5.32. The van der Waals surface area contributed by atoms with Crippen LogP contribution in [0.1, 0.15) is 6.42 Å². The van der Waals surface area contributed by atoms with Crippen molar-refractivity contribution < 1.29 is 13.0 Å². The Labute approximate surface area is 79.7 Å². The van der Waals surface area contributed by atoms with E-state index in [1.165, 1.54) is 0 Å². The minimum Gasteiger partial charge on any atom is -0.435 e.